The first-order valence-corrected chi connectivity index (χ1v) is 11.9. The van der Waals surface area contributed by atoms with Crippen LogP contribution in [0, 0.1) is 19.8 Å². The smallest absolute Gasteiger partial charge is 0.312 e. The molecule has 7 heteroatoms. The van der Waals surface area contributed by atoms with E-state index >= 15 is 0 Å². The lowest BCUT2D eigenvalue weighted by molar-refractivity contribution is 0.457. The summed E-state index contributed by atoms with van der Waals surface area (Å²) in [5.41, 5.74) is 3.98. The Labute approximate surface area is 189 Å². The van der Waals surface area contributed by atoms with Crippen LogP contribution in [0.1, 0.15) is 57.1 Å². The molecule has 1 aliphatic rings. The van der Waals surface area contributed by atoms with Gasteiger partial charge in [0.05, 0.1) is 0 Å². The topological polar surface area (TPSA) is 65.1 Å². The molecule has 1 aliphatic heterocycles. The highest BCUT2D eigenvalue weighted by molar-refractivity contribution is 5.77. The number of aromatic nitrogens is 4. The van der Waals surface area contributed by atoms with E-state index in [1.807, 2.05) is 4.57 Å². The number of rotatable bonds is 7. The Morgan fingerprint density at radius 3 is 2.38 bits per heavy atom. The number of anilines is 2. The van der Waals surface area contributed by atoms with Crippen molar-refractivity contribution in [1.82, 2.24) is 18.7 Å². The van der Waals surface area contributed by atoms with Gasteiger partial charge in [-0.1, -0.05) is 45.6 Å². The van der Waals surface area contributed by atoms with Crippen LogP contribution in [0.25, 0.3) is 11.2 Å². The number of aryl methyl sites for hydroxylation is 3. The lowest BCUT2D eigenvalue weighted by atomic mass is 10.1. The predicted octanol–water partition coefficient (Wildman–Crippen LogP) is 4.27. The van der Waals surface area contributed by atoms with Gasteiger partial charge in [-0.05, 0) is 49.4 Å². The minimum Gasteiger partial charge on any atom is -0.312 e. The summed E-state index contributed by atoms with van der Waals surface area (Å²) in [5, 5.41) is 0. The quantitative estimate of drug-likeness (QED) is 0.518. The van der Waals surface area contributed by atoms with Crippen molar-refractivity contribution in [2.24, 2.45) is 13.0 Å². The normalized spacial score (nSPS) is 16.0. The fourth-order valence-electron chi connectivity index (χ4n) is 4.90. The Bertz CT molecular complexity index is 1230. The molecule has 0 saturated carbocycles. The molecule has 0 N–H and O–H groups in total. The highest BCUT2D eigenvalue weighted by atomic mass is 16.2. The molecule has 32 heavy (non-hydrogen) atoms. The van der Waals surface area contributed by atoms with Gasteiger partial charge in [-0.3, -0.25) is 13.9 Å². The van der Waals surface area contributed by atoms with Gasteiger partial charge in [0.2, 0.25) is 5.95 Å². The second-order valence-corrected chi connectivity index (χ2v) is 9.47. The molecular formula is C25H35N5O2. The first-order valence-electron chi connectivity index (χ1n) is 11.9. The summed E-state index contributed by atoms with van der Waals surface area (Å²) < 4.78 is 4.97. The summed E-state index contributed by atoms with van der Waals surface area (Å²) in [5.74, 6) is 1.09. The highest BCUT2D eigenvalue weighted by Gasteiger charge is 2.30. The van der Waals surface area contributed by atoms with Gasteiger partial charge in [0.15, 0.2) is 11.2 Å². The van der Waals surface area contributed by atoms with Crippen molar-refractivity contribution in [3.63, 3.8) is 0 Å². The first-order chi connectivity index (χ1) is 15.3. The lowest BCUT2D eigenvalue weighted by Gasteiger charge is -2.33. The third-order valence-corrected chi connectivity index (χ3v) is 6.45. The molecule has 2 aromatic heterocycles. The number of nitrogens with zero attached hydrogens (tertiary/aromatic N) is 5. The van der Waals surface area contributed by atoms with Crippen LogP contribution < -0.4 is 16.1 Å². The number of benzene rings is 1. The maximum atomic E-state index is 13.5. The highest BCUT2D eigenvalue weighted by Crippen LogP contribution is 2.33. The lowest BCUT2D eigenvalue weighted by Crippen LogP contribution is -2.40. The number of hydrogen-bond acceptors (Lipinski definition) is 4. The predicted molar refractivity (Wildman–Crippen MR) is 130 cm³/mol. The zero-order valence-electron chi connectivity index (χ0n) is 20.0. The number of fused-ring (bicyclic) bond motifs is 3. The van der Waals surface area contributed by atoms with E-state index in [2.05, 4.69) is 50.8 Å². The average molecular weight is 438 g/mol. The van der Waals surface area contributed by atoms with Crippen LogP contribution in [0.2, 0.25) is 0 Å². The monoisotopic (exact) mass is 437 g/mol. The fraction of sp³-hybridized carbons (Fsp3) is 0.560. The molecular weight excluding hydrogens is 402 g/mol. The largest absolute Gasteiger partial charge is 0.332 e. The van der Waals surface area contributed by atoms with Crippen molar-refractivity contribution < 1.29 is 0 Å². The number of hydrogen-bond donors (Lipinski definition) is 0. The zero-order valence-corrected chi connectivity index (χ0v) is 20.0. The van der Waals surface area contributed by atoms with E-state index in [-0.39, 0.29) is 11.2 Å². The Balaban J connectivity index is 1.82. The van der Waals surface area contributed by atoms with Crippen LogP contribution in [-0.4, -0.2) is 25.2 Å². The van der Waals surface area contributed by atoms with Crippen LogP contribution in [0.5, 0.6) is 0 Å². The van der Waals surface area contributed by atoms with Gasteiger partial charge in [-0.2, -0.15) is 4.98 Å². The summed E-state index contributed by atoms with van der Waals surface area (Å²) in [4.78, 5) is 33.5. The van der Waals surface area contributed by atoms with Gasteiger partial charge in [-0.15, -0.1) is 0 Å². The van der Waals surface area contributed by atoms with E-state index in [0.717, 1.165) is 44.0 Å². The summed E-state index contributed by atoms with van der Waals surface area (Å²) in [7, 11) is 1.72. The minimum absolute atomic E-state index is 0.216. The van der Waals surface area contributed by atoms with Gasteiger partial charge in [0, 0.05) is 32.4 Å². The molecule has 4 rings (SSSR count). The third-order valence-electron chi connectivity index (χ3n) is 6.45. The van der Waals surface area contributed by atoms with Crippen LogP contribution in [-0.2, 0) is 20.1 Å². The maximum Gasteiger partial charge on any atom is 0.332 e. The van der Waals surface area contributed by atoms with Gasteiger partial charge >= 0.3 is 5.69 Å². The summed E-state index contributed by atoms with van der Waals surface area (Å²) in [6.07, 6.45) is 5.37. The van der Waals surface area contributed by atoms with E-state index in [9.17, 15) is 9.59 Å². The summed E-state index contributed by atoms with van der Waals surface area (Å²) >= 11 is 0. The molecule has 0 saturated heterocycles. The zero-order chi connectivity index (χ0) is 23.0. The van der Waals surface area contributed by atoms with Crippen molar-refractivity contribution >= 4 is 22.8 Å². The molecule has 3 heterocycles. The van der Waals surface area contributed by atoms with Crippen molar-refractivity contribution in [3.8, 4) is 0 Å². The van der Waals surface area contributed by atoms with Gasteiger partial charge < -0.3 is 9.47 Å². The van der Waals surface area contributed by atoms with E-state index < -0.39 is 0 Å². The Morgan fingerprint density at radius 2 is 1.69 bits per heavy atom. The van der Waals surface area contributed by atoms with Crippen LogP contribution in [0.3, 0.4) is 0 Å². The molecule has 7 nitrogen and oxygen atoms in total. The first kappa shape index (κ1) is 22.4. The molecule has 0 aliphatic carbocycles. The van der Waals surface area contributed by atoms with Crippen molar-refractivity contribution in [1.29, 1.82) is 0 Å². The Hall–Kier alpha value is -2.83. The standard InChI is InChI=1S/C25H35N5O2/c1-6-7-8-9-10-11-28-23(31)21-22(27(5)25(28)32)26-24-29(15-19(4)16-30(21)24)20-13-17(2)12-18(3)14-20/h12-14,19H,6-11,15-16H2,1-5H3. The molecule has 172 valence electrons. The van der Waals surface area contributed by atoms with Crippen molar-refractivity contribution in [3.05, 3.63) is 50.2 Å². The maximum absolute atomic E-state index is 13.5. The van der Waals surface area contributed by atoms with E-state index in [1.165, 1.54) is 28.5 Å². The van der Waals surface area contributed by atoms with Gasteiger partial charge in [0.25, 0.3) is 5.56 Å². The molecule has 1 atom stereocenters. The fourth-order valence-corrected chi connectivity index (χ4v) is 4.90. The molecule has 0 radical (unpaired) electrons. The van der Waals surface area contributed by atoms with Crippen LogP contribution in [0.15, 0.2) is 27.8 Å². The van der Waals surface area contributed by atoms with Crippen molar-refractivity contribution in [2.75, 3.05) is 11.4 Å². The third kappa shape index (κ3) is 4.00. The Morgan fingerprint density at radius 1 is 1.00 bits per heavy atom. The molecule has 1 unspecified atom stereocenters. The minimum atomic E-state index is -0.278. The number of unbranched alkanes of at least 4 members (excludes halogenated alkanes) is 4. The second-order valence-electron chi connectivity index (χ2n) is 9.47. The van der Waals surface area contributed by atoms with E-state index in [1.54, 1.807) is 11.6 Å². The summed E-state index contributed by atoms with van der Waals surface area (Å²) in [6, 6.07) is 6.47. The number of imidazole rings is 1. The molecule has 0 fully saturated rings. The Kier molecular flexibility index (Phi) is 6.26. The summed E-state index contributed by atoms with van der Waals surface area (Å²) in [6.45, 7) is 10.6. The van der Waals surface area contributed by atoms with Gasteiger partial charge in [0.1, 0.15) is 0 Å². The van der Waals surface area contributed by atoms with Crippen LogP contribution in [0.4, 0.5) is 11.6 Å². The van der Waals surface area contributed by atoms with E-state index in [4.69, 9.17) is 4.98 Å². The van der Waals surface area contributed by atoms with Crippen molar-refractivity contribution in [2.45, 2.75) is 72.9 Å². The van der Waals surface area contributed by atoms with E-state index in [0.29, 0.717) is 23.6 Å². The molecule has 3 aromatic rings. The molecule has 1 aromatic carbocycles. The second kappa shape index (κ2) is 8.96. The SMILES string of the molecule is CCCCCCCn1c(=O)c2c(nc3n2CC(C)CN3c2cc(C)cc(C)c2)n(C)c1=O. The average Bonchev–Trinajstić information content (AvgIpc) is 3.12. The molecule has 0 bridgehead atoms. The molecule has 0 spiro atoms. The van der Waals surface area contributed by atoms with Gasteiger partial charge in [-0.25, -0.2) is 4.79 Å². The van der Waals surface area contributed by atoms with Crippen LogP contribution >= 0.6 is 0 Å². The molecule has 0 amide bonds.